The van der Waals surface area contributed by atoms with E-state index in [9.17, 15) is 14.0 Å². The predicted molar refractivity (Wildman–Crippen MR) is 150 cm³/mol. The number of ether oxygens (including phenoxy) is 1. The first-order valence-electron chi connectivity index (χ1n) is 12.9. The lowest BCUT2D eigenvalue weighted by Gasteiger charge is -2.38. The van der Waals surface area contributed by atoms with E-state index in [4.69, 9.17) is 16.3 Å². The van der Waals surface area contributed by atoms with Crippen LogP contribution in [0.25, 0.3) is 10.9 Å². The van der Waals surface area contributed by atoms with Gasteiger partial charge >= 0.3 is 5.97 Å². The summed E-state index contributed by atoms with van der Waals surface area (Å²) in [5.41, 5.74) is 3.66. The lowest BCUT2D eigenvalue weighted by molar-refractivity contribution is -0.0389. The Morgan fingerprint density at radius 1 is 1.16 bits per heavy atom. The molecule has 1 spiro atoms. The molecule has 1 saturated heterocycles. The Morgan fingerprint density at radius 2 is 1.87 bits per heavy atom. The number of likely N-dealkylation sites (tertiary alicyclic amines) is 1. The third kappa shape index (κ3) is 5.12. The largest absolute Gasteiger partial charge is 0.450 e. The molecular weight excluding hydrogens is 505 g/mol. The SMILES string of the molecule is CC.CN=C(C=C(C)C)Cn1cc(C(=O)N2CCC3(CC2)OC(=O)c2cc(F)ccc23)c2ccc(Cl)cc21. The van der Waals surface area contributed by atoms with Crippen LogP contribution in [0.15, 0.2) is 59.2 Å². The molecule has 5 rings (SSSR count). The monoisotopic (exact) mass is 537 g/mol. The van der Waals surface area contributed by atoms with Gasteiger partial charge in [0, 0.05) is 55.1 Å². The second-order valence-electron chi connectivity index (χ2n) is 9.63. The fraction of sp³-hybridized carbons (Fsp3) is 0.367. The van der Waals surface area contributed by atoms with Gasteiger partial charge in [0.25, 0.3) is 5.91 Å². The minimum atomic E-state index is -0.810. The van der Waals surface area contributed by atoms with E-state index in [-0.39, 0.29) is 11.5 Å². The number of carbonyl (C=O) groups is 2. The molecule has 0 saturated carbocycles. The molecule has 1 fully saturated rings. The van der Waals surface area contributed by atoms with E-state index >= 15 is 0 Å². The maximum Gasteiger partial charge on any atom is 0.339 e. The highest BCUT2D eigenvalue weighted by Gasteiger charge is 2.48. The Morgan fingerprint density at radius 3 is 2.53 bits per heavy atom. The number of hydrogen-bond acceptors (Lipinski definition) is 4. The normalized spacial score (nSPS) is 16.1. The molecule has 3 heterocycles. The maximum absolute atomic E-state index is 13.7. The smallest absolute Gasteiger partial charge is 0.339 e. The van der Waals surface area contributed by atoms with Crippen LogP contribution in [0.1, 0.15) is 66.8 Å². The van der Waals surface area contributed by atoms with Crippen LogP contribution in [0.4, 0.5) is 4.39 Å². The Labute approximate surface area is 227 Å². The van der Waals surface area contributed by atoms with Crippen LogP contribution in [0, 0.1) is 5.82 Å². The van der Waals surface area contributed by atoms with Gasteiger partial charge in [-0.25, -0.2) is 9.18 Å². The molecule has 0 unspecified atom stereocenters. The third-order valence-electron chi connectivity index (χ3n) is 6.99. The average molecular weight is 538 g/mol. The summed E-state index contributed by atoms with van der Waals surface area (Å²) in [5.74, 6) is -1.06. The first kappa shape index (κ1) is 27.6. The van der Waals surface area contributed by atoms with Gasteiger partial charge in [0.15, 0.2) is 0 Å². The van der Waals surface area contributed by atoms with Gasteiger partial charge in [-0.05, 0) is 44.2 Å². The Kier molecular flexibility index (Phi) is 8.07. The van der Waals surface area contributed by atoms with Crippen molar-refractivity contribution in [2.24, 2.45) is 4.99 Å². The summed E-state index contributed by atoms with van der Waals surface area (Å²) in [7, 11) is 1.76. The highest BCUT2D eigenvalue weighted by molar-refractivity contribution is 6.31. The highest BCUT2D eigenvalue weighted by Crippen LogP contribution is 2.44. The van der Waals surface area contributed by atoms with Crippen molar-refractivity contribution in [3.8, 4) is 0 Å². The van der Waals surface area contributed by atoms with Crippen LogP contribution < -0.4 is 0 Å². The van der Waals surface area contributed by atoms with E-state index in [0.717, 1.165) is 22.2 Å². The number of aliphatic imine (C=N–C) groups is 1. The second kappa shape index (κ2) is 11.1. The average Bonchev–Trinajstić information content (AvgIpc) is 3.38. The fourth-order valence-electron chi connectivity index (χ4n) is 5.24. The summed E-state index contributed by atoms with van der Waals surface area (Å²) in [6, 6.07) is 9.73. The van der Waals surface area contributed by atoms with Crippen molar-refractivity contribution in [1.82, 2.24) is 9.47 Å². The van der Waals surface area contributed by atoms with Crippen LogP contribution in [-0.4, -0.2) is 47.2 Å². The van der Waals surface area contributed by atoms with Gasteiger partial charge in [-0.15, -0.1) is 0 Å². The van der Waals surface area contributed by atoms with Gasteiger partial charge < -0.3 is 14.2 Å². The van der Waals surface area contributed by atoms with Gasteiger partial charge in [0.1, 0.15) is 11.4 Å². The minimum absolute atomic E-state index is 0.0863. The van der Waals surface area contributed by atoms with E-state index in [1.165, 1.54) is 12.1 Å². The number of esters is 1. The van der Waals surface area contributed by atoms with Crippen molar-refractivity contribution in [3.63, 3.8) is 0 Å². The molecule has 1 aromatic heterocycles. The summed E-state index contributed by atoms with van der Waals surface area (Å²) >= 11 is 6.30. The van der Waals surface area contributed by atoms with Crippen LogP contribution in [0.3, 0.4) is 0 Å². The van der Waals surface area contributed by atoms with Crippen molar-refractivity contribution in [2.75, 3.05) is 20.1 Å². The molecule has 0 bridgehead atoms. The molecule has 0 radical (unpaired) electrons. The number of aromatic nitrogens is 1. The van der Waals surface area contributed by atoms with Gasteiger partial charge in [-0.3, -0.25) is 9.79 Å². The molecule has 1 amide bonds. The molecular formula is C30H33ClFN3O3. The first-order chi connectivity index (χ1) is 18.2. The molecule has 2 aliphatic rings. The number of piperidine rings is 1. The van der Waals surface area contributed by atoms with E-state index in [1.807, 2.05) is 56.7 Å². The summed E-state index contributed by atoms with van der Waals surface area (Å²) in [6.45, 7) is 9.39. The zero-order chi connectivity index (χ0) is 27.6. The predicted octanol–water partition coefficient (Wildman–Crippen LogP) is 6.80. The number of nitrogens with zero attached hydrogens (tertiary/aromatic N) is 3. The van der Waals surface area contributed by atoms with Gasteiger partial charge in [-0.1, -0.05) is 43.2 Å². The molecule has 2 aliphatic heterocycles. The first-order valence-corrected chi connectivity index (χ1v) is 13.3. The highest BCUT2D eigenvalue weighted by atomic mass is 35.5. The van der Waals surface area contributed by atoms with Gasteiger partial charge in [0.05, 0.1) is 28.9 Å². The lowest BCUT2D eigenvalue weighted by Crippen LogP contribution is -2.45. The molecule has 200 valence electrons. The molecule has 38 heavy (non-hydrogen) atoms. The van der Waals surface area contributed by atoms with Crippen molar-refractivity contribution in [1.29, 1.82) is 0 Å². The molecule has 0 atom stereocenters. The lowest BCUT2D eigenvalue weighted by atomic mass is 9.83. The molecule has 3 aromatic rings. The topological polar surface area (TPSA) is 63.9 Å². The van der Waals surface area contributed by atoms with Crippen molar-refractivity contribution < 1.29 is 18.7 Å². The third-order valence-corrected chi connectivity index (χ3v) is 7.22. The van der Waals surface area contributed by atoms with E-state index in [1.54, 1.807) is 24.1 Å². The maximum atomic E-state index is 13.7. The summed E-state index contributed by atoms with van der Waals surface area (Å²) in [6.07, 6.45) is 4.81. The van der Waals surface area contributed by atoms with Crippen molar-refractivity contribution >= 4 is 40.1 Å². The standard InChI is InChI=1S/C28H27ClFN3O3.C2H6/c1-17(2)12-20(31-3)15-33-16-23(21-6-4-18(29)13-25(21)33)26(34)32-10-8-28(9-11-32)24-7-5-19(30)14-22(24)27(35)36-28;1-2/h4-7,12-14,16H,8-11,15H2,1-3H3;1-2H3. The van der Waals surface area contributed by atoms with Crippen molar-refractivity contribution in [2.45, 2.75) is 52.7 Å². The number of hydrogen-bond donors (Lipinski definition) is 0. The number of carbonyl (C=O) groups excluding carboxylic acids is 2. The summed E-state index contributed by atoms with van der Waals surface area (Å²) in [5, 5.41) is 1.42. The number of fused-ring (bicyclic) bond motifs is 3. The number of benzene rings is 2. The minimum Gasteiger partial charge on any atom is -0.450 e. The number of allylic oxidation sites excluding steroid dienone is 2. The number of amides is 1. The second-order valence-corrected chi connectivity index (χ2v) is 10.1. The Hall–Kier alpha value is -3.45. The van der Waals surface area contributed by atoms with Crippen LogP contribution in [-0.2, 0) is 16.9 Å². The summed E-state index contributed by atoms with van der Waals surface area (Å²) in [4.78, 5) is 32.3. The molecule has 0 N–H and O–H groups in total. The Balaban J connectivity index is 0.00000164. The fourth-order valence-corrected chi connectivity index (χ4v) is 5.40. The zero-order valence-corrected chi connectivity index (χ0v) is 23.2. The van der Waals surface area contributed by atoms with Gasteiger partial charge in [-0.2, -0.15) is 0 Å². The summed E-state index contributed by atoms with van der Waals surface area (Å²) < 4.78 is 21.4. The van der Waals surface area contributed by atoms with Crippen LogP contribution in [0.5, 0.6) is 0 Å². The molecule has 0 aliphatic carbocycles. The van der Waals surface area contributed by atoms with E-state index < -0.39 is 17.4 Å². The van der Waals surface area contributed by atoms with Crippen LogP contribution in [0.2, 0.25) is 5.02 Å². The van der Waals surface area contributed by atoms with Gasteiger partial charge in [0.2, 0.25) is 0 Å². The Bertz CT molecular complexity index is 1440. The molecule has 2 aromatic carbocycles. The van der Waals surface area contributed by atoms with Crippen LogP contribution >= 0.6 is 11.6 Å². The number of rotatable bonds is 4. The van der Waals surface area contributed by atoms with Crippen molar-refractivity contribution in [3.05, 3.63) is 81.8 Å². The van der Waals surface area contributed by atoms with E-state index in [2.05, 4.69) is 4.99 Å². The molecule has 8 heteroatoms. The zero-order valence-electron chi connectivity index (χ0n) is 22.5. The van der Waals surface area contributed by atoms with E-state index in [0.29, 0.717) is 48.6 Å². The quantitative estimate of drug-likeness (QED) is 0.271. The molecule has 6 nitrogen and oxygen atoms in total. The number of halogens is 2.